The van der Waals surface area contributed by atoms with Gasteiger partial charge in [-0.3, -0.25) is 0 Å². The van der Waals surface area contributed by atoms with Gasteiger partial charge < -0.3 is 4.74 Å². The number of halogens is 2. The largest absolute Gasteiger partial charge is 0.456 e. The molecule has 0 N–H and O–H groups in total. The number of aryl methyl sites for hydroxylation is 2. The fraction of sp³-hybridized carbons (Fsp3) is 0.200. The Morgan fingerprint density at radius 1 is 1.06 bits per heavy atom. The second-order valence-corrected chi connectivity index (χ2v) is 5.39. The third-order valence-corrected chi connectivity index (χ3v) is 3.64. The maximum atomic E-state index is 5.93. The maximum Gasteiger partial charge on any atom is 0.141 e. The van der Waals surface area contributed by atoms with Crippen LogP contribution in [-0.2, 0) is 5.88 Å². The zero-order valence-electron chi connectivity index (χ0n) is 10.3. The van der Waals surface area contributed by atoms with E-state index in [0.717, 1.165) is 27.1 Å². The second kappa shape index (κ2) is 5.77. The van der Waals surface area contributed by atoms with E-state index in [0.29, 0.717) is 5.88 Å². The summed E-state index contributed by atoms with van der Waals surface area (Å²) in [4.78, 5) is 0. The minimum absolute atomic E-state index is 0.502. The summed E-state index contributed by atoms with van der Waals surface area (Å²) in [6, 6.07) is 12.1. The molecule has 0 fully saturated rings. The topological polar surface area (TPSA) is 9.23 Å². The minimum atomic E-state index is 0.502. The zero-order chi connectivity index (χ0) is 13.1. The summed E-state index contributed by atoms with van der Waals surface area (Å²) < 4.78 is 6.85. The fourth-order valence-electron chi connectivity index (χ4n) is 1.65. The van der Waals surface area contributed by atoms with Gasteiger partial charge in [-0.2, -0.15) is 0 Å². The van der Waals surface area contributed by atoms with Gasteiger partial charge in [0.1, 0.15) is 11.5 Å². The van der Waals surface area contributed by atoms with Crippen LogP contribution in [0.15, 0.2) is 40.9 Å². The third kappa shape index (κ3) is 3.06. The highest BCUT2D eigenvalue weighted by molar-refractivity contribution is 9.10. The van der Waals surface area contributed by atoms with Crippen molar-refractivity contribution in [2.45, 2.75) is 19.7 Å². The van der Waals surface area contributed by atoms with E-state index in [1.54, 1.807) is 0 Å². The van der Waals surface area contributed by atoms with E-state index in [1.807, 2.05) is 31.2 Å². The first-order chi connectivity index (χ1) is 8.60. The van der Waals surface area contributed by atoms with Crippen molar-refractivity contribution >= 4 is 27.5 Å². The number of hydrogen-bond acceptors (Lipinski definition) is 1. The quantitative estimate of drug-likeness (QED) is 0.668. The Morgan fingerprint density at radius 3 is 2.50 bits per heavy atom. The van der Waals surface area contributed by atoms with Crippen LogP contribution in [0.4, 0.5) is 0 Å². The van der Waals surface area contributed by atoms with Gasteiger partial charge in [0, 0.05) is 5.88 Å². The Bertz CT molecular complexity index is 566. The predicted octanol–water partition coefficient (Wildman–Crippen LogP) is 5.60. The first kappa shape index (κ1) is 13.4. The molecule has 0 saturated carbocycles. The normalized spacial score (nSPS) is 10.4. The number of rotatable bonds is 3. The SMILES string of the molecule is Cc1ccc(C)c(Oc2ccc(CCl)cc2Br)c1. The summed E-state index contributed by atoms with van der Waals surface area (Å²) in [5.74, 6) is 2.19. The standard InChI is InChI=1S/C15H14BrClO/c1-10-3-4-11(2)15(7-10)18-14-6-5-12(9-17)8-13(14)16/h3-8H,9H2,1-2H3. The molecule has 0 saturated heterocycles. The summed E-state index contributed by atoms with van der Waals surface area (Å²) in [6.07, 6.45) is 0. The maximum absolute atomic E-state index is 5.93. The summed E-state index contributed by atoms with van der Waals surface area (Å²) in [7, 11) is 0. The van der Waals surface area contributed by atoms with Crippen LogP contribution in [0.3, 0.4) is 0 Å². The van der Waals surface area contributed by atoms with Crippen molar-refractivity contribution in [2.75, 3.05) is 0 Å². The molecule has 0 amide bonds. The van der Waals surface area contributed by atoms with Crippen molar-refractivity contribution in [1.82, 2.24) is 0 Å². The summed E-state index contributed by atoms with van der Waals surface area (Å²) >= 11 is 9.30. The van der Waals surface area contributed by atoms with Gasteiger partial charge in [-0.15, -0.1) is 11.6 Å². The molecular weight excluding hydrogens is 312 g/mol. The second-order valence-electron chi connectivity index (χ2n) is 4.27. The summed E-state index contributed by atoms with van der Waals surface area (Å²) in [6.45, 7) is 4.09. The van der Waals surface area contributed by atoms with Crippen LogP contribution in [0.25, 0.3) is 0 Å². The van der Waals surface area contributed by atoms with Crippen molar-refractivity contribution in [1.29, 1.82) is 0 Å². The Kier molecular flexibility index (Phi) is 4.31. The molecule has 0 bridgehead atoms. The van der Waals surface area contributed by atoms with Crippen LogP contribution >= 0.6 is 27.5 Å². The van der Waals surface area contributed by atoms with E-state index >= 15 is 0 Å². The molecule has 0 aliphatic rings. The van der Waals surface area contributed by atoms with E-state index in [2.05, 4.69) is 35.0 Å². The van der Waals surface area contributed by atoms with Gasteiger partial charge in [0.15, 0.2) is 0 Å². The Balaban J connectivity index is 2.31. The highest BCUT2D eigenvalue weighted by atomic mass is 79.9. The molecule has 0 unspecified atom stereocenters. The predicted molar refractivity (Wildman–Crippen MR) is 79.7 cm³/mol. The van der Waals surface area contributed by atoms with Crippen molar-refractivity contribution in [2.24, 2.45) is 0 Å². The van der Waals surface area contributed by atoms with Crippen LogP contribution in [0.2, 0.25) is 0 Å². The molecule has 0 radical (unpaired) electrons. The molecule has 0 heterocycles. The zero-order valence-corrected chi connectivity index (χ0v) is 12.7. The lowest BCUT2D eigenvalue weighted by Gasteiger charge is -2.11. The van der Waals surface area contributed by atoms with Crippen LogP contribution in [-0.4, -0.2) is 0 Å². The van der Waals surface area contributed by atoms with Gasteiger partial charge in [0.2, 0.25) is 0 Å². The van der Waals surface area contributed by atoms with Crippen LogP contribution in [0.1, 0.15) is 16.7 Å². The van der Waals surface area contributed by atoms with Crippen molar-refractivity contribution < 1.29 is 4.74 Å². The molecule has 18 heavy (non-hydrogen) atoms. The van der Waals surface area contributed by atoms with E-state index in [4.69, 9.17) is 16.3 Å². The average Bonchev–Trinajstić information content (AvgIpc) is 2.36. The Morgan fingerprint density at radius 2 is 1.83 bits per heavy atom. The van der Waals surface area contributed by atoms with Gasteiger partial charge in [-0.05, 0) is 64.7 Å². The fourth-order valence-corrected chi connectivity index (χ4v) is 2.32. The Hall–Kier alpha value is -0.990. The smallest absolute Gasteiger partial charge is 0.141 e. The van der Waals surface area contributed by atoms with E-state index < -0.39 is 0 Å². The number of alkyl halides is 1. The summed E-state index contributed by atoms with van der Waals surface area (Å²) in [5.41, 5.74) is 3.37. The minimum Gasteiger partial charge on any atom is -0.456 e. The lowest BCUT2D eigenvalue weighted by Crippen LogP contribution is -1.90. The van der Waals surface area contributed by atoms with Crippen LogP contribution in [0, 0.1) is 13.8 Å². The van der Waals surface area contributed by atoms with Gasteiger partial charge in [0.05, 0.1) is 4.47 Å². The first-order valence-corrected chi connectivity index (χ1v) is 7.02. The van der Waals surface area contributed by atoms with Gasteiger partial charge in [0.25, 0.3) is 0 Å². The van der Waals surface area contributed by atoms with Crippen molar-refractivity contribution in [3.63, 3.8) is 0 Å². The highest BCUT2D eigenvalue weighted by Gasteiger charge is 2.06. The molecule has 2 rings (SSSR count). The molecule has 0 spiro atoms. The molecule has 1 nitrogen and oxygen atoms in total. The Labute approximate surface area is 121 Å². The lowest BCUT2D eigenvalue weighted by molar-refractivity contribution is 0.475. The third-order valence-electron chi connectivity index (χ3n) is 2.71. The molecule has 3 heteroatoms. The molecule has 2 aromatic rings. The van der Waals surface area contributed by atoms with Gasteiger partial charge >= 0.3 is 0 Å². The summed E-state index contributed by atoms with van der Waals surface area (Å²) in [5, 5.41) is 0. The van der Waals surface area contributed by atoms with E-state index in [9.17, 15) is 0 Å². The number of benzene rings is 2. The first-order valence-electron chi connectivity index (χ1n) is 5.69. The van der Waals surface area contributed by atoms with Gasteiger partial charge in [-0.1, -0.05) is 18.2 Å². The molecular formula is C15H14BrClO. The molecule has 0 aliphatic heterocycles. The van der Waals surface area contributed by atoms with Crippen LogP contribution < -0.4 is 4.74 Å². The van der Waals surface area contributed by atoms with Crippen LogP contribution in [0.5, 0.6) is 11.5 Å². The van der Waals surface area contributed by atoms with Crippen molar-refractivity contribution in [3.05, 3.63) is 57.6 Å². The number of hydrogen-bond donors (Lipinski definition) is 0. The molecule has 94 valence electrons. The molecule has 0 aliphatic carbocycles. The van der Waals surface area contributed by atoms with E-state index in [-0.39, 0.29) is 0 Å². The van der Waals surface area contributed by atoms with E-state index in [1.165, 1.54) is 5.56 Å². The monoisotopic (exact) mass is 324 g/mol. The van der Waals surface area contributed by atoms with Gasteiger partial charge in [-0.25, -0.2) is 0 Å². The van der Waals surface area contributed by atoms with Crippen molar-refractivity contribution in [3.8, 4) is 11.5 Å². The molecule has 0 atom stereocenters. The lowest BCUT2D eigenvalue weighted by atomic mass is 10.1. The highest BCUT2D eigenvalue weighted by Crippen LogP contribution is 2.32. The molecule has 0 aromatic heterocycles. The average molecular weight is 326 g/mol. The number of ether oxygens (including phenoxy) is 1. The molecule has 2 aromatic carbocycles.